The van der Waals surface area contributed by atoms with Crippen molar-refractivity contribution >= 4 is 32.1 Å². The minimum Gasteiger partial charge on any atom is -0.392 e. The van der Waals surface area contributed by atoms with Gasteiger partial charge in [0, 0.05) is 10.1 Å². The number of benzene rings is 1. The minimum absolute atomic E-state index is 0.0289. The molecule has 0 aliphatic heterocycles. The summed E-state index contributed by atoms with van der Waals surface area (Å²) in [6.45, 7) is 0. The first kappa shape index (κ1) is 8.00. The second-order valence-electron chi connectivity index (χ2n) is 2.57. The van der Waals surface area contributed by atoms with E-state index < -0.39 is 4.92 Å². The van der Waals surface area contributed by atoms with Crippen molar-refractivity contribution in [2.24, 2.45) is 0 Å². The molecule has 13 heavy (non-hydrogen) atoms. The van der Waals surface area contributed by atoms with Crippen molar-refractivity contribution in [2.75, 3.05) is 5.73 Å². The van der Waals surface area contributed by atoms with Gasteiger partial charge in [-0.3, -0.25) is 10.1 Å². The van der Waals surface area contributed by atoms with E-state index in [0.717, 1.165) is 21.4 Å². The molecular formula is C8H6N2O2S. The Morgan fingerprint density at radius 2 is 2.08 bits per heavy atom. The topological polar surface area (TPSA) is 69.2 Å². The lowest BCUT2D eigenvalue weighted by Gasteiger charge is -1.87. The highest BCUT2D eigenvalue weighted by Crippen LogP contribution is 2.38. The second kappa shape index (κ2) is 2.70. The van der Waals surface area contributed by atoms with Gasteiger partial charge in [0.25, 0.3) is 0 Å². The second-order valence-corrected chi connectivity index (χ2v) is 3.60. The van der Waals surface area contributed by atoms with Crippen LogP contribution in [-0.2, 0) is 0 Å². The molecule has 5 heteroatoms. The maximum Gasteiger partial charge on any atom is 0.348 e. The van der Waals surface area contributed by atoms with Gasteiger partial charge in [-0.2, -0.15) is 0 Å². The number of nitrogens with two attached hydrogens (primary N) is 1. The molecule has 0 fully saturated rings. The van der Waals surface area contributed by atoms with Crippen LogP contribution in [0.3, 0.4) is 0 Å². The van der Waals surface area contributed by atoms with E-state index in [1.54, 1.807) is 6.07 Å². The van der Waals surface area contributed by atoms with Gasteiger partial charge in [0.05, 0.1) is 4.92 Å². The van der Waals surface area contributed by atoms with Crippen LogP contribution in [0.1, 0.15) is 0 Å². The summed E-state index contributed by atoms with van der Waals surface area (Å²) in [5.41, 5.74) is 5.88. The molecule has 0 saturated carbocycles. The highest BCUT2D eigenvalue weighted by molar-refractivity contribution is 7.22. The maximum atomic E-state index is 10.5. The van der Waals surface area contributed by atoms with E-state index in [1.165, 1.54) is 0 Å². The van der Waals surface area contributed by atoms with Gasteiger partial charge < -0.3 is 5.73 Å². The lowest BCUT2D eigenvalue weighted by Crippen LogP contribution is -1.90. The van der Waals surface area contributed by atoms with Crippen LogP contribution in [0.4, 0.5) is 10.7 Å². The number of fused-ring (bicyclic) bond motifs is 1. The van der Waals surface area contributed by atoms with E-state index in [0.29, 0.717) is 0 Å². The van der Waals surface area contributed by atoms with Crippen LogP contribution in [-0.4, -0.2) is 4.92 Å². The van der Waals surface area contributed by atoms with E-state index in [-0.39, 0.29) is 10.7 Å². The minimum atomic E-state index is -0.444. The fraction of sp³-hybridized carbons (Fsp3) is 0. The summed E-state index contributed by atoms with van der Waals surface area (Å²) in [6, 6.07) is 7.26. The average Bonchev–Trinajstić information content (AvgIpc) is 2.45. The molecule has 2 N–H and O–H groups in total. The largest absolute Gasteiger partial charge is 0.392 e. The van der Waals surface area contributed by atoms with Crippen LogP contribution in [0.2, 0.25) is 0 Å². The van der Waals surface area contributed by atoms with Crippen LogP contribution in [0, 0.1) is 10.1 Å². The molecule has 2 rings (SSSR count). The highest BCUT2D eigenvalue weighted by Gasteiger charge is 2.17. The summed E-state index contributed by atoms with van der Waals surface area (Å²) < 4.78 is 0.853. The summed E-state index contributed by atoms with van der Waals surface area (Å²) in [7, 11) is 0. The van der Waals surface area contributed by atoms with Gasteiger partial charge in [0.1, 0.15) is 5.69 Å². The van der Waals surface area contributed by atoms with Crippen LogP contribution >= 0.6 is 11.3 Å². The molecule has 0 unspecified atom stereocenters. The first-order chi connectivity index (χ1) is 6.20. The van der Waals surface area contributed by atoms with Crippen LogP contribution < -0.4 is 5.73 Å². The molecule has 0 radical (unpaired) electrons. The highest BCUT2D eigenvalue weighted by atomic mass is 32.1. The maximum absolute atomic E-state index is 10.5. The predicted molar refractivity (Wildman–Crippen MR) is 52.9 cm³/mol. The van der Waals surface area contributed by atoms with Crippen molar-refractivity contribution in [2.45, 2.75) is 0 Å². The van der Waals surface area contributed by atoms with Gasteiger partial charge in [-0.25, -0.2) is 0 Å². The number of nitro groups is 1. The zero-order valence-electron chi connectivity index (χ0n) is 6.56. The number of thiophene rings is 1. The Balaban J connectivity index is 2.81. The summed E-state index contributed by atoms with van der Waals surface area (Å²) >= 11 is 1.11. The van der Waals surface area contributed by atoms with Crippen LogP contribution in [0.5, 0.6) is 0 Å². The fourth-order valence-electron chi connectivity index (χ4n) is 1.19. The number of rotatable bonds is 1. The average molecular weight is 194 g/mol. The molecule has 2 aromatic rings. The molecular weight excluding hydrogens is 188 g/mol. The molecule has 0 saturated heterocycles. The SMILES string of the molecule is Nc1c([N+](=O)[O-])sc2ccccc12. The molecule has 0 atom stereocenters. The lowest BCUT2D eigenvalue weighted by atomic mass is 10.2. The number of nitrogen functional groups attached to an aromatic ring is 1. The monoisotopic (exact) mass is 194 g/mol. The molecule has 0 spiro atoms. The van der Waals surface area contributed by atoms with Gasteiger partial charge >= 0.3 is 5.00 Å². The summed E-state index contributed by atoms with van der Waals surface area (Å²) in [4.78, 5) is 10.1. The standard InChI is InChI=1S/C8H6N2O2S/c9-7-5-3-1-2-4-6(5)13-8(7)10(11)12/h1-4H,9H2. The third kappa shape index (κ3) is 1.13. The zero-order valence-corrected chi connectivity index (χ0v) is 7.38. The van der Waals surface area contributed by atoms with Gasteiger partial charge in [0.15, 0.2) is 0 Å². The lowest BCUT2D eigenvalue weighted by molar-refractivity contribution is -0.379. The quantitative estimate of drug-likeness (QED) is 0.559. The number of hydrogen-bond acceptors (Lipinski definition) is 4. The molecule has 1 aromatic heterocycles. The predicted octanol–water partition coefficient (Wildman–Crippen LogP) is 2.39. The first-order valence-electron chi connectivity index (χ1n) is 3.61. The summed E-state index contributed by atoms with van der Waals surface area (Å²) in [5.74, 6) is 0. The van der Waals surface area contributed by atoms with Gasteiger partial charge in [-0.1, -0.05) is 29.5 Å². The first-order valence-corrected chi connectivity index (χ1v) is 4.43. The Morgan fingerprint density at radius 1 is 1.38 bits per heavy atom. The Morgan fingerprint density at radius 3 is 2.69 bits per heavy atom. The Kier molecular flexibility index (Phi) is 1.66. The van der Waals surface area contributed by atoms with Crippen molar-refractivity contribution in [3.63, 3.8) is 0 Å². The zero-order chi connectivity index (χ0) is 9.42. The molecule has 0 amide bonds. The van der Waals surface area contributed by atoms with Crippen molar-refractivity contribution in [3.8, 4) is 0 Å². The fourth-order valence-corrected chi connectivity index (χ4v) is 2.13. The third-order valence-corrected chi connectivity index (χ3v) is 2.92. The van der Waals surface area contributed by atoms with Gasteiger partial charge in [0.2, 0.25) is 0 Å². The molecule has 1 heterocycles. The van der Waals surface area contributed by atoms with Crippen LogP contribution in [0.15, 0.2) is 24.3 Å². The van der Waals surface area contributed by atoms with Gasteiger partial charge in [-0.15, -0.1) is 0 Å². The number of hydrogen-bond donors (Lipinski definition) is 1. The summed E-state index contributed by atoms with van der Waals surface area (Å²) in [5, 5.41) is 11.3. The van der Waals surface area contributed by atoms with E-state index in [2.05, 4.69) is 0 Å². The number of nitrogens with zero attached hydrogens (tertiary/aromatic N) is 1. The van der Waals surface area contributed by atoms with Crippen molar-refractivity contribution in [1.29, 1.82) is 0 Å². The molecule has 0 aliphatic rings. The molecule has 1 aromatic carbocycles. The molecule has 4 nitrogen and oxygen atoms in total. The van der Waals surface area contributed by atoms with Crippen molar-refractivity contribution in [3.05, 3.63) is 34.4 Å². The van der Waals surface area contributed by atoms with Gasteiger partial charge in [-0.05, 0) is 6.07 Å². The Labute approximate surface area is 77.7 Å². The van der Waals surface area contributed by atoms with E-state index in [9.17, 15) is 10.1 Å². The third-order valence-electron chi connectivity index (χ3n) is 1.78. The molecule has 0 aliphatic carbocycles. The smallest absolute Gasteiger partial charge is 0.348 e. The van der Waals surface area contributed by atoms with Crippen molar-refractivity contribution in [1.82, 2.24) is 0 Å². The molecule has 66 valence electrons. The van der Waals surface area contributed by atoms with E-state index in [4.69, 9.17) is 5.73 Å². The van der Waals surface area contributed by atoms with Crippen molar-refractivity contribution < 1.29 is 4.92 Å². The molecule has 0 bridgehead atoms. The van der Waals surface area contributed by atoms with E-state index in [1.807, 2.05) is 18.2 Å². The Bertz CT molecular complexity index is 478. The number of anilines is 1. The normalized spacial score (nSPS) is 10.5. The Hall–Kier alpha value is -1.62. The van der Waals surface area contributed by atoms with Crippen LogP contribution in [0.25, 0.3) is 10.1 Å². The van der Waals surface area contributed by atoms with E-state index >= 15 is 0 Å². The summed E-state index contributed by atoms with van der Waals surface area (Å²) in [6.07, 6.45) is 0.